The van der Waals surface area contributed by atoms with Crippen LogP contribution in [0, 0.1) is 11.8 Å². The zero-order chi connectivity index (χ0) is 13.0. The molecule has 1 amide bonds. The Balaban J connectivity index is 2.42. The number of rotatable bonds is 4. The molecule has 0 spiro atoms. The van der Waals surface area contributed by atoms with Crippen molar-refractivity contribution >= 4 is 5.91 Å². The summed E-state index contributed by atoms with van der Waals surface area (Å²) in [5, 5.41) is 0. The minimum Gasteiger partial charge on any atom is -0.344 e. The summed E-state index contributed by atoms with van der Waals surface area (Å²) in [5.41, 5.74) is 5.89. The summed E-state index contributed by atoms with van der Waals surface area (Å²) in [5.74, 6) is 0.884. The number of nitrogens with two attached hydrogens (primary N) is 1. The minimum atomic E-state index is -0.360. The van der Waals surface area contributed by atoms with Gasteiger partial charge in [0.05, 0.1) is 6.04 Å². The minimum absolute atomic E-state index is 0.0771. The molecule has 4 heteroatoms. The van der Waals surface area contributed by atoms with Crippen molar-refractivity contribution in [2.75, 3.05) is 33.7 Å². The van der Waals surface area contributed by atoms with Gasteiger partial charge in [-0.15, -0.1) is 0 Å². The molecule has 0 saturated carbocycles. The highest BCUT2D eigenvalue weighted by Gasteiger charge is 2.24. The van der Waals surface area contributed by atoms with E-state index in [2.05, 4.69) is 11.9 Å². The van der Waals surface area contributed by atoms with Crippen LogP contribution in [0.2, 0.25) is 0 Å². The largest absolute Gasteiger partial charge is 0.344 e. The molecule has 2 N–H and O–H groups in total. The average molecular weight is 241 g/mol. The van der Waals surface area contributed by atoms with Crippen LogP contribution in [0.1, 0.15) is 26.7 Å². The van der Waals surface area contributed by atoms with Gasteiger partial charge in [-0.05, 0) is 38.3 Å². The highest BCUT2D eigenvalue weighted by molar-refractivity contribution is 5.81. The Morgan fingerprint density at radius 3 is 2.71 bits per heavy atom. The Hall–Kier alpha value is -0.610. The smallest absolute Gasteiger partial charge is 0.239 e. The van der Waals surface area contributed by atoms with Crippen LogP contribution >= 0.6 is 0 Å². The molecule has 0 bridgehead atoms. The number of piperidine rings is 1. The van der Waals surface area contributed by atoms with E-state index < -0.39 is 0 Å². The standard InChI is InChI=1S/C13H27N3O/c1-10(2)12(14)13(17)16(4)9-11-6-5-7-15(3)8-11/h10-12H,5-9,14H2,1-4H3/t11-,12-/m0/s1. The molecule has 1 saturated heterocycles. The Morgan fingerprint density at radius 2 is 2.18 bits per heavy atom. The molecule has 0 aromatic carbocycles. The van der Waals surface area contributed by atoms with E-state index in [-0.39, 0.29) is 17.9 Å². The third kappa shape index (κ3) is 4.28. The SMILES string of the molecule is CC(C)[C@H](N)C(=O)N(C)C[C@H]1CCCN(C)C1. The lowest BCUT2D eigenvalue weighted by molar-refractivity contribution is -0.133. The van der Waals surface area contributed by atoms with E-state index in [0.29, 0.717) is 5.92 Å². The Kier molecular flexibility index (Phi) is 5.40. The van der Waals surface area contributed by atoms with Gasteiger partial charge in [0.15, 0.2) is 0 Å². The summed E-state index contributed by atoms with van der Waals surface area (Å²) in [6.45, 7) is 7.09. The molecule has 100 valence electrons. The first kappa shape index (κ1) is 14.5. The highest BCUT2D eigenvalue weighted by Crippen LogP contribution is 2.16. The number of carbonyl (C=O) groups is 1. The Morgan fingerprint density at radius 1 is 1.53 bits per heavy atom. The van der Waals surface area contributed by atoms with Gasteiger partial charge in [0.25, 0.3) is 0 Å². The number of hydrogen-bond acceptors (Lipinski definition) is 3. The normalized spacial score (nSPS) is 23.8. The van der Waals surface area contributed by atoms with Crippen LogP contribution in [0.25, 0.3) is 0 Å². The predicted octanol–water partition coefficient (Wildman–Crippen LogP) is 0.770. The quantitative estimate of drug-likeness (QED) is 0.791. The zero-order valence-electron chi connectivity index (χ0n) is 11.6. The Bertz CT molecular complexity index is 255. The fraction of sp³-hybridized carbons (Fsp3) is 0.923. The lowest BCUT2D eigenvalue weighted by Gasteiger charge is -2.33. The number of likely N-dealkylation sites (N-methyl/N-ethyl adjacent to an activating group) is 1. The molecule has 0 unspecified atom stereocenters. The molecule has 0 radical (unpaired) electrons. The highest BCUT2D eigenvalue weighted by atomic mass is 16.2. The number of likely N-dealkylation sites (tertiary alicyclic amines) is 1. The van der Waals surface area contributed by atoms with Crippen LogP contribution in [0.15, 0.2) is 0 Å². The fourth-order valence-corrected chi connectivity index (χ4v) is 2.44. The van der Waals surface area contributed by atoms with E-state index in [1.54, 1.807) is 0 Å². The summed E-state index contributed by atoms with van der Waals surface area (Å²) < 4.78 is 0. The van der Waals surface area contributed by atoms with Crippen molar-refractivity contribution in [2.24, 2.45) is 17.6 Å². The van der Waals surface area contributed by atoms with Gasteiger partial charge in [-0.25, -0.2) is 0 Å². The van der Waals surface area contributed by atoms with Gasteiger partial charge < -0.3 is 15.5 Å². The van der Waals surface area contributed by atoms with E-state index in [1.165, 1.54) is 19.4 Å². The number of amides is 1. The van der Waals surface area contributed by atoms with Crippen molar-refractivity contribution in [1.82, 2.24) is 9.80 Å². The van der Waals surface area contributed by atoms with Crippen molar-refractivity contribution in [3.63, 3.8) is 0 Å². The van der Waals surface area contributed by atoms with Crippen LogP contribution in [0.5, 0.6) is 0 Å². The maximum Gasteiger partial charge on any atom is 0.239 e. The first-order valence-electron chi connectivity index (χ1n) is 6.61. The summed E-state index contributed by atoms with van der Waals surface area (Å²) in [6, 6.07) is -0.360. The summed E-state index contributed by atoms with van der Waals surface area (Å²) in [6.07, 6.45) is 2.46. The maximum atomic E-state index is 12.0. The van der Waals surface area contributed by atoms with E-state index in [4.69, 9.17) is 5.73 Å². The van der Waals surface area contributed by atoms with Gasteiger partial charge >= 0.3 is 0 Å². The van der Waals surface area contributed by atoms with Crippen molar-refractivity contribution in [3.05, 3.63) is 0 Å². The van der Waals surface area contributed by atoms with Gasteiger partial charge in [-0.1, -0.05) is 13.8 Å². The summed E-state index contributed by atoms with van der Waals surface area (Å²) in [7, 11) is 4.02. The van der Waals surface area contributed by atoms with Crippen LogP contribution in [-0.2, 0) is 4.79 Å². The van der Waals surface area contributed by atoms with Crippen LogP contribution in [0.4, 0.5) is 0 Å². The first-order chi connectivity index (χ1) is 7.91. The zero-order valence-corrected chi connectivity index (χ0v) is 11.6. The maximum absolute atomic E-state index is 12.0. The molecule has 1 rings (SSSR count). The lowest BCUT2D eigenvalue weighted by atomic mass is 9.97. The first-order valence-corrected chi connectivity index (χ1v) is 6.61. The second kappa shape index (κ2) is 6.36. The van der Waals surface area contributed by atoms with Crippen molar-refractivity contribution in [2.45, 2.75) is 32.7 Å². The van der Waals surface area contributed by atoms with E-state index in [1.807, 2.05) is 25.8 Å². The summed E-state index contributed by atoms with van der Waals surface area (Å²) in [4.78, 5) is 16.2. The second-order valence-electron chi connectivity index (χ2n) is 5.76. The lowest BCUT2D eigenvalue weighted by Crippen LogP contribution is -2.47. The van der Waals surface area contributed by atoms with E-state index >= 15 is 0 Å². The molecule has 0 aromatic heterocycles. The van der Waals surface area contributed by atoms with Crippen LogP contribution in [-0.4, -0.2) is 55.5 Å². The van der Waals surface area contributed by atoms with Crippen molar-refractivity contribution < 1.29 is 4.79 Å². The van der Waals surface area contributed by atoms with Gasteiger partial charge in [-0.2, -0.15) is 0 Å². The van der Waals surface area contributed by atoms with Gasteiger partial charge in [0.1, 0.15) is 0 Å². The van der Waals surface area contributed by atoms with Crippen LogP contribution in [0.3, 0.4) is 0 Å². The van der Waals surface area contributed by atoms with Gasteiger partial charge in [0.2, 0.25) is 5.91 Å². The molecule has 1 aliphatic heterocycles. The van der Waals surface area contributed by atoms with E-state index in [9.17, 15) is 4.79 Å². The number of nitrogens with zero attached hydrogens (tertiary/aromatic N) is 2. The molecule has 1 heterocycles. The van der Waals surface area contributed by atoms with E-state index in [0.717, 1.165) is 13.1 Å². The third-order valence-corrected chi connectivity index (χ3v) is 3.63. The van der Waals surface area contributed by atoms with Crippen molar-refractivity contribution in [3.8, 4) is 0 Å². The molecule has 2 atom stereocenters. The fourth-order valence-electron chi connectivity index (χ4n) is 2.44. The topological polar surface area (TPSA) is 49.6 Å². The van der Waals surface area contributed by atoms with Crippen molar-refractivity contribution in [1.29, 1.82) is 0 Å². The number of carbonyl (C=O) groups excluding carboxylic acids is 1. The molecular formula is C13H27N3O. The summed E-state index contributed by atoms with van der Waals surface area (Å²) >= 11 is 0. The monoisotopic (exact) mass is 241 g/mol. The molecule has 0 aromatic rings. The average Bonchev–Trinajstić information content (AvgIpc) is 2.26. The molecule has 1 fully saturated rings. The van der Waals surface area contributed by atoms with Gasteiger partial charge in [-0.3, -0.25) is 4.79 Å². The van der Waals surface area contributed by atoms with Gasteiger partial charge in [0, 0.05) is 20.1 Å². The van der Waals surface area contributed by atoms with Crippen LogP contribution < -0.4 is 5.73 Å². The molecule has 1 aliphatic rings. The molecule has 4 nitrogen and oxygen atoms in total. The third-order valence-electron chi connectivity index (χ3n) is 3.63. The molecule has 17 heavy (non-hydrogen) atoms. The molecular weight excluding hydrogens is 214 g/mol. The predicted molar refractivity (Wildman–Crippen MR) is 70.7 cm³/mol. The number of hydrogen-bond donors (Lipinski definition) is 1. The Labute approximate surface area is 105 Å². The second-order valence-corrected chi connectivity index (χ2v) is 5.76. The molecule has 0 aliphatic carbocycles.